The Morgan fingerprint density at radius 2 is 1.71 bits per heavy atom. The van der Waals surface area contributed by atoms with Crippen molar-refractivity contribution < 1.29 is 9.53 Å². The molecule has 0 saturated heterocycles. The Bertz CT molecular complexity index is 942. The van der Waals surface area contributed by atoms with Crippen LogP contribution in [0.2, 0.25) is 0 Å². The van der Waals surface area contributed by atoms with E-state index in [1.165, 1.54) is 29.5 Å². The lowest BCUT2D eigenvalue weighted by Crippen LogP contribution is -2.34. The third-order valence-corrected chi connectivity index (χ3v) is 5.62. The Labute approximate surface area is 186 Å². The first-order valence-electron chi connectivity index (χ1n) is 11.2. The van der Waals surface area contributed by atoms with Crippen molar-refractivity contribution in [3.63, 3.8) is 0 Å². The largest absolute Gasteiger partial charge is 0.383 e. The van der Waals surface area contributed by atoms with Gasteiger partial charge in [0.1, 0.15) is 0 Å². The molecule has 164 valence electrons. The zero-order valence-corrected chi connectivity index (χ0v) is 19.0. The molecule has 2 aromatic carbocycles. The molecule has 0 bridgehead atoms. The first-order chi connectivity index (χ1) is 15.1. The van der Waals surface area contributed by atoms with Gasteiger partial charge in [-0.2, -0.15) is 0 Å². The summed E-state index contributed by atoms with van der Waals surface area (Å²) in [6.07, 6.45) is 5.49. The predicted octanol–water partition coefficient (Wildman–Crippen LogP) is 5.48. The maximum Gasteiger partial charge on any atom is 0.254 e. The van der Waals surface area contributed by atoms with Crippen molar-refractivity contribution in [2.45, 2.75) is 46.2 Å². The summed E-state index contributed by atoms with van der Waals surface area (Å²) >= 11 is 0. The molecule has 0 atom stereocenters. The average Bonchev–Trinajstić information content (AvgIpc) is 3.23. The van der Waals surface area contributed by atoms with Gasteiger partial charge in [0.2, 0.25) is 0 Å². The minimum Gasteiger partial charge on any atom is -0.383 e. The zero-order valence-electron chi connectivity index (χ0n) is 19.0. The second-order valence-electron chi connectivity index (χ2n) is 8.13. The van der Waals surface area contributed by atoms with E-state index in [1.807, 2.05) is 23.1 Å². The molecule has 0 unspecified atom stereocenters. The van der Waals surface area contributed by atoms with Gasteiger partial charge in [-0.3, -0.25) is 4.79 Å². The number of aryl methyl sites for hydroxylation is 2. The van der Waals surface area contributed by atoms with Crippen LogP contribution in [0.3, 0.4) is 0 Å². The summed E-state index contributed by atoms with van der Waals surface area (Å²) in [6.45, 7) is 6.71. The van der Waals surface area contributed by atoms with Crippen molar-refractivity contribution in [2.24, 2.45) is 0 Å². The molecule has 0 saturated carbocycles. The van der Waals surface area contributed by atoms with Gasteiger partial charge >= 0.3 is 0 Å². The van der Waals surface area contributed by atoms with E-state index in [0.717, 1.165) is 24.2 Å². The zero-order chi connectivity index (χ0) is 22.1. The van der Waals surface area contributed by atoms with Crippen molar-refractivity contribution >= 4 is 5.91 Å². The second-order valence-corrected chi connectivity index (χ2v) is 8.13. The van der Waals surface area contributed by atoms with E-state index in [-0.39, 0.29) is 5.91 Å². The minimum absolute atomic E-state index is 0.0437. The second kappa shape index (κ2) is 11.5. The summed E-state index contributed by atoms with van der Waals surface area (Å²) in [5.74, 6) is 0.0437. The predicted molar refractivity (Wildman–Crippen MR) is 126 cm³/mol. The van der Waals surface area contributed by atoms with E-state index in [0.29, 0.717) is 19.7 Å². The Kier molecular flexibility index (Phi) is 8.48. The normalized spacial score (nSPS) is 10.9. The lowest BCUT2D eigenvalue weighted by molar-refractivity contribution is 0.0676. The van der Waals surface area contributed by atoms with Crippen LogP contribution in [0, 0.1) is 6.92 Å². The fraction of sp³-hybridized carbons (Fsp3) is 0.370. The molecule has 0 aliphatic carbocycles. The third-order valence-electron chi connectivity index (χ3n) is 5.62. The first-order valence-corrected chi connectivity index (χ1v) is 11.2. The molecule has 4 heteroatoms. The molecular formula is C27H34N2O2. The quantitative estimate of drug-likeness (QED) is 0.413. The molecule has 0 aliphatic rings. The molecule has 31 heavy (non-hydrogen) atoms. The fourth-order valence-electron chi connectivity index (χ4n) is 3.66. The van der Waals surface area contributed by atoms with Crippen LogP contribution in [-0.4, -0.2) is 35.6 Å². The number of hydrogen-bond acceptors (Lipinski definition) is 2. The highest BCUT2D eigenvalue weighted by atomic mass is 16.5. The lowest BCUT2D eigenvalue weighted by atomic mass is 10.1. The molecule has 1 aromatic heterocycles. The van der Waals surface area contributed by atoms with E-state index in [4.69, 9.17) is 4.74 Å². The first kappa shape index (κ1) is 22.8. The number of rotatable bonds is 11. The Balaban J connectivity index is 1.73. The highest BCUT2D eigenvalue weighted by molar-refractivity contribution is 5.94. The van der Waals surface area contributed by atoms with Gasteiger partial charge in [0.05, 0.1) is 13.2 Å². The molecule has 3 aromatic rings. The summed E-state index contributed by atoms with van der Waals surface area (Å²) in [5, 5.41) is 0. The van der Waals surface area contributed by atoms with Crippen LogP contribution >= 0.6 is 0 Å². The molecule has 0 aliphatic heterocycles. The summed E-state index contributed by atoms with van der Waals surface area (Å²) in [5.41, 5.74) is 5.64. The molecule has 3 rings (SSSR count). The minimum atomic E-state index is 0.0437. The molecule has 0 N–H and O–H groups in total. The Hall–Kier alpha value is -2.85. The number of aromatic nitrogens is 1. The summed E-state index contributed by atoms with van der Waals surface area (Å²) < 4.78 is 7.49. The molecule has 0 fully saturated rings. The van der Waals surface area contributed by atoms with E-state index in [1.54, 1.807) is 7.11 Å². The topological polar surface area (TPSA) is 34.5 Å². The molecule has 0 spiro atoms. The summed E-state index contributed by atoms with van der Waals surface area (Å²) in [6, 6.07) is 20.8. The van der Waals surface area contributed by atoms with Gasteiger partial charge in [-0.25, -0.2) is 0 Å². The third kappa shape index (κ3) is 6.56. The fourth-order valence-corrected chi connectivity index (χ4v) is 3.66. The van der Waals surface area contributed by atoms with E-state index >= 15 is 0 Å². The van der Waals surface area contributed by atoms with Crippen molar-refractivity contribution in [3.8, 4) is 0 Å². The van der Waals surface area contributed by atoms with Gasteiger partial charge < -0.3 is 14.2 Å². The molecular weight excluding hydrogens is 384 g/mol. The van der Waals surface area contributed by atoms with Crippen LogP contribution in [0.5, 0.6) is 0 Å². The van der Waals surface area contributed by atoms with Crippen molar-refractivity contribution in [3.05, 3.63) is 94.8 Å². The number of methoxy groups -OCH3 is 1. The number of ether oxygens (including phenoxy) is 1. The van der Waals surface area contributed by atoms with Crippen molar-refractivity contribution in [1.82, 2.24) is 9.47 Å². The Morgan fingerprint density at radius 1 is 1.00 bits per heavy atom. The number of unbranched alkanes of at least 4 members (excludes halogenated alkanes) is 1. The number of carbonyl (C=O) groups is 1. The summed E-state index contributed by atoms with van der Waals surface area (Å²) in [7, 11) is 1.67. The van der Waals surface area contributed by atoms with Crippen molar-refractivity contribution in [1.29, 1.82) is 0 Å². The number of carbonyl (C=O) groups excluding carboxylic acids is 1. The van der Waals surface area contributed by atoms with E-state index in [2.05, 4.69) is 67.1 Å². The van der Waals surface area contributed by atoms with Gasteiger partial charge in [-0.1, -0.05) is 55.3 Å². The maximum absolute atomic E-state index is 13.3. The number of amides is 1. The monoisotopic (exact) mass is 418 g/mol. The van der Waals surface area contributed by atoms with Gasteiger partial charge in [-0.15, -0.1) is 0 Å². The molecule has 1 heterocycles. The lowest BCUT2D eigenvalue weighted by Gasteiger charge is -2.24. The van der Waals surface area contributed by atoms with Crippen LogP contribution in [0.15, 0.2) is 66.9 Å². The maximum atomic E-state index is 13.3. The van der Waals surface area contributed by atoms with E-state index < -0.39 is 0 Å². The summed E-state index contributed by atoms with van der Waals surface area (Å²) in [4.78, 5) is 15.2. The van der Waals surface area contributed by atoms with Gasteiger partial charge in [0.25, 0.3) is 5.91 Å². The highest BCUT2D eigenvalue weighted by Crippen LogP contribution is 2.15. The standard InChI is InChI=1S/C27H34N2O2/c1-4-5-7-23-13-15-25(16-14-23)27(30)29(18-19-31-3)21-26-8-6-17-28(26)20-24-11-9-22(2)10-12-24/h6,8-17H,4-5,7,18-21H2,1-3H3. The van der Waals surface area contributed by atoms with E-state index in [9.17, 15) is 4.79 Å². The van der Waals surface area contributed by atoms with Gasteiger partial charge in [-0.05, 0) is 55.2 Å². The Morgan fingerprint density at radius 3 is 2.39 bits per heavy atom. The van der Waals surface area contributed by atoms with Crippen molar-refractivity contribution in [2.75, 3.05) is 20.3 Å². The highest BCUT2D eigenvalue weighted by Gasteiger charge is 2.17. The SMILES string of the molecule is CCCCc1ccc(C(=O)N(CCOC)Cc2cccn2Cc2ccc(C)cc2)cc1. The van der Waals surface area contributed by atoms with Crippen LogP contribution in [-0.2, 0) is 24.2 Å². The van der Waals surface area contributed by atoms with Gasteiger partial charge in [0, 0.05) is 37.7 Å². The van der Waals surface area contributed by atoms with Crippen LogP contribution in [0.1, 0.15) is 52.5 Å². The number of nitrogens with zero attached hydrogens (tertiary/aromatic N) is 2. The smallest absolute Gasteiger partial charge is 0.254 e. The molecule has 0 radical (unpaired) electrons. The van der Waals surface area contributed by atoms with Crippen LogP contribution < -0.4 is 0 Å². The number of benzene rings is 2. The molecule has 1 amide bonds. The van der Waals surface area contributed by atoms with Crippen LogP contribution in [0.4, 0.5) is 0 Å². The average molecular weight is 419 g/mol. The number of hydrogen-bond donors (Lipinski definition) is 0. The van der Waals surface area contributed by atoms with Gasteiger partial charge in [0.15, 0.2) is 0 Å². The van der Waals surface area contributed by atoms with Crippen LogP contribution in [0.25, 0.3) is 0 Å². The molecule has 4 nitrogen and oxygen atoms in total.